The van der Waals surface area contributed by atoms with Crippen molar-refractivity contribution in [3.8, 4) is 0 Å². The topological polar surface area (TPSA) is 57.7 Å². The van der Waals surface area contributed by atoms with Gasteiger partial charge in [0.15, 0.2) is 0 Å². The zero-order chi connectivity index (χ0) is 14.8. The van der Waals surface area contributed by atoms with Gasteiger partial charge in [0.05, 0.1) is 6.26 Å². The highest BCUT2D eigenvalue weighted by Gasteiger charge is 2.24. The minimum Gasteiger partial charge on any atom is -0.337 e. The van der Waals surface area contributed by atoms with Crippen LogP contribution >= 0.6 is 11.6 Å². The molecule has 5 nitrogen and oxygen atoms in total. The lowest BCUT2D eigenvalue weighted by atomic mass is 10.2. The van der Waals surface area contributed by atoms with Gasteiger partial charge >= 0.3 is 0 Å². The van der Waals surface area contributed by atoms with Crippen LogP contribution in [0.15, 0.2) is 24.3 Å². The van der Waals surface area contributed by atoms with Crippen LogP contribution in [0, 0.1) is 0 Å². The Labute approximate surface area is 124 Å². The molecule has 0 radical (unpaired) electrons. The first-order chi connectivity index (χ1) is 9.38. The SMILES string of the molecule is CS(=O)(=O)N1CCCN(C(=O)c2ccc(Cl)cc2)CC1. The number of benzene rings is 1. The molecule has 1 aromatic carbocycles. The minimum absolute atomic E-state index is 0.0861. The number of nitrogens with zero attached hydrogens (tertiary/aromatic N) is 2. The molecule has 1 fully saturated rings. The van der Waals surface area contributed by atoms with Gasteiger partial charge in [0, 0.05) is 36.8 Å². The first-order valence-corrected chi connectivity index (χ1v) is 8.60. The second-order valence-electron chi connectivity index (χ2n) is 4.81. The Morgan fingerprint density at radius 2 is 1.75 bits per heavy atom. The smallest absolute Gasteiger partial charge is 0.253 e. The number of carbonyl (C=O) groups is 1. The molecule has 0 spiro atoms. The summed E-state index contributed by atoms with van der Waals surface area (Å²) in [6, 6.07) is 6.72. The second-order valence-corrected chi connectivity index (χ2v) is 7.23. The predicted octanol–water partition coefficient (Wildman–Crippen LogP) is 1.45. The molecule has 7 heteroatoms. The van der Waals surface area contributed by atoms with Crippen molar-refractivity contribution >= 4 is 27.5 Å². The number of halogens is 1. The van der Waals surface area contributed by atoms with Crippen molar-refractivity contribution in [2.75, 3.05) is 32.4 Å². The quantitative estimate of drug-likeness (QED) is 0.829. The van der Waals surface area contributed by atoms with E-state index in [4.69, 9.17) is 11.6 Å². The highest BCUT2D eigenvalue weighted by molar-refractivity contribution is 7.88. The van der Waals surface area contributed by atoms with E-state index in [-0.39, 0.29) is 5.91 Å². The molecular formula is C13H17ClN2O3S. The fourth-order valence-corrected chi connectivity index (χ4v) is 3.20. The molecule has 1 saturated heterocycles. The fourth-order valence-electron chi connectivity index (χ4n) is 2.20. The van der Waals surface area contributed by atoms with Crippen molar-refractivity contribution in [2.45, 2.75) is 6.42 Å². The Morgan fingerprint density at radius 1 is 1.10 bits per heavy atom. The van der Waals surface area contributed by atoms with E-state index in [0.717, 1.165) is 0 Å². The zero-order valence-corrected chi connectivity index (χ0v) is 12.8. The molecular weight excluding hydrogens is 300 g/mol. The third-order valence-electron chi connectivity index (χ3n) is 3.30. The molecule has 20 heavy (non-hydrogen) atoms. The summed E-state index contributed by atoms with van der Waals surface area (Å²) in [5.41, 5.74) is 0.571. The van der Waals surface area contributed by atoms with E-state index in [1.807, 2.05) is 0 Å². The van der Waals surface area contributed by atoms with Gasteiger partial charge in [0.25, 0.3) is 5.91 Å². The summed E-state index contributed by atoms with van der Waals surface area (Å²) < 4.78 is 24.5. The van der Waals surface area contributed by atoms with E-state index in [1.165, 1.54) is 10.6 Å². The molecule has 1 amide bonds. The third kappa shape index (κ3) is 3.71. The fraction of sp³-hybridized carbons (Fsp3) is 0.462. The first kappa shape index (κ1) is 15.3. The second kappa shape index (κ2) is 6.11. The highest BCUT2D eigenvalue weighted by atomic mass is 35.5. The largest absolute Gasteiger partial charge is 0.337 e. The van der Waals surface area contributed by atoms with E-state index < -0.39 is 10.0 Å². The van der Waals surface area contributed by atoms with Crippen LogP contribution in [0.3, 0.4) is 0 Å². The number of sulfonamides is 1. The maximum Gasteiger partial charge on any atom is 0.253 e. The Morgan fingerprint density at radius 3 is 2.35 bits per heavy atom. The van der Waals surface area contributed by atoms with Crippen LogP contribution in [-0.2, 0) is 10.0 Å². The predicted molar refractivity (Wildman–Crippen MR) is 78.4 cm³/mol. The molecule has 0 N–H and O–H groups in total. The highest BCUT2D eigenvalue weighted by Crippen LogP contribution is 2.14. The van der Waals surface area contributed by atoms with Gasteiger partial charge in [-0.05, 0) is 30.7 Å². The number of hydrogen-bond donors (Lipinski definition) is 0. The standard InChI is InChI=1S/C13H17ClN2O3S/c1-20(18,19)16-8-2-7-15(9-10-16)13(17)11-3-5-12(14)6-4-11/h3-6H,2,7-10H2,1H3. The van der Waals surface area contributed by atoms with Gasteiger partial charge in [-0.3, -0.25) is 4.79 Å². The first-order valence-electron chi connectivity index (χ1n) is 6.38. The third-order valence-corrected chi connectivity index (χ3v) is 4.86. The molecule has 1 aliphatic rings. The lowest BCUT2D eigenvalue weighted by Gasteiger charge is -2.21. The molecule has 0 atom stereocenters. The molecule has 1 aliphatic heterocycles. The summed E-state index contributed by atoms with van der Waals surface area (Å²) in [6.45, 7) is 1.78. The maximum atomic E-state index is 12.3. The molecule has 0 aromatic heterocycles. The molecule has 1 heterocycles. The maximum absolute atomic E-state index is 12.3. The molecule has 0 saturated carbocycles. The van der Waals surface area contributed by atoms with E-state index in [2.05, 4.69) is 0 Å². The number of amides is 1. The summed E-state index contributed by atoms with van der Waals surface area (Å²) in [4.78, 5) is 14.0. The average Bonchev–Trinajstić information content (AvgIpc) is 2.64. The molecule has 0 unspecified atom stereocenters. The molecule has 2 rings (SSSR count). The van der Waals surface area contributed by atoms with Crippen LogP contribution in [0.25, 0.3) is 0 Å². The van der Waals surface area contributed by atoms with Gasteiger partial charge in [-0.15, -0.1) is 0 Å². The van der Waals surface area contributed by atoms with Gasteiger partial charge in [-0.1, -0.05) is 11.6 Å². The Kier molecular flexibility index (Phi) is 4.67. The van der Waals surface area contributed by atoms with Crippen molar-refractivity contribution in [1.29, 1.82) is 0 Å². The Bertz CT molecular complexity index is 586. The minimum atomic E-state index is -3.19. The monoisotopic (exact) mass is 316 g/mol. The normalized spacial score (nSPS) is 17.8. The summed E-state index contributed by atoms with van der Waals surface area (Å²) >= 11 is 5.80. The van der Waals surface area contributed by atoms with Gasteiger partial charge in [0.2, 0.25) is 10.0 Å². The van der Waals surface area contributed by atoms with E-state index in [1.54, 1.807) is 29.2 Å². The van der Waals surface area contributed by atoms with Crippen LogP contribution < -0.4 is 0 Å². The molecule has 0 bridgehead atoms. The average molecular weight is 317 g/mol. The summed E-state index contributed by atoms with van der Waals surface area (Å²) in [5, 5.41) is 0.584. The number of rotatable bonds is 2. The lowest BCUT2D eigenvalue weighted by molar-refractivity contribution is 0.0764. The van der Waals surface area contributed by atoms with Crippen LogP contribution in [0.4, 0.5) is 0 Å². The van der Waals surface area contributed by atoms with Crippen molar-refractivity contribution in [3.63, 3.8) is 0 Å². The number of carbonyl (C=O) groups excluding carboxylic acids is 1. The molecule has 110 valence electrons. The van der Waals surface area contributed by atoms with Gasteiger partial charge in [-0.2, -0.15) is 0 Å². The molecule has 1 aromatic rings. The summed E-state index contributed by atoms with van der Waals surface area (Å²) in [6.07, 6.45) is 1.84. The van der Waals surface area contributed by atoms with Gasteiger partial charge in [-0.25, -0.2) is 12.7 Å². The number of hydrogen-bond acceptors (Lipinski definition) is 3. The van der Waals surface area contributed by atoms with E-state index in [9.17, 15) is 13.2 Å². The lowest BCUT2D eigenvalue weighted by Crippen LogP contribution is -2.36. The van der Waals surface area contributed by atoms with Crippen molar-refractivity contribution < 1.29 is 13.2 Å². The van der Waals surface area contributed by atoms with E-state index >= 15 is 0 Å². The van der Waals surface area contributed by atoms with Crippen LogP contribution in [0.1, 0.15) is 16.8 Å². The van der Waals surface area contributed by atoms with Crippen molar-refractivity contribution in [1.82, 2.24) is 9.21 Å². The van der Waals surface area contributed by atoms with Gasteiger partial charge < -0.3 is 4.90 Å². The Hall–Kier alpha value is -1.11. The Balaban J connectivity index is 2.07. The van der Waals surface area contributed by atoms with Crippen LogP contribution in [-0.4, -0.2) is 56.0 Å². The van der Waals surface area contributed by atoms with Gasteiger partial charge in [0.1, 0.15) is 0 Å². The van der Waals surface area contributed by atoms with E-state index in [0.29, 0.717) is 43.2 Å². The summed E-state index contributed by atoms with van der Waals surface area (Å²) in [7, 11) is -3.19. The molecule has 0 aliphatic carbocycles. The summed E-state index contributed by atoms with van der Waals surface area (Å²) in [5.74, 6) is -0.0861. The van der Waals surface area contributed by atoms with Crippen molar-refractivity contribution in [3.05, 3.63) is 34.9 Å². The van der Waals surface area contributed by atoms with Crippen molar-refractivity contribution in [2.24, 2.45) is 0 Å². The van der Waals surface area contributed by atoms with Crippen LogP contribution in [0.2, 0.25) is 5.02 Å². The van der Waals surface area contributed by atoms with Crippen LogP contribution in [0.5, 0.6) is 0 Å². The zero-order valence-electron chi connectivity index (χ0n) is 11.3.